The van der Waals surface area contributed by atoms with Gasteiger partial charge in [-0.25, -0.2) is 4.68 Å². The summed E-state index contributed by atoms with van der Waals surface area (Å²) in [4.78, 5) is 14.5. The number of carbonyl (C=O) groups excluding carboxylic acids is 1. The molecule has 0 aliphatic carbocycles. The Morgan fingerprint density at radius 3 is 2.70 bits per heavy atom. The first-order valence-electron chi connectivity index (χ1n) is 9.06. The molecule has 1 fully saturated rings. The number of aromatic nitrogens is 2. The number of amides is 1. The van der Waals surface area contributed by atoms with Crippen LogP contribution in [0.3, 0.4) is 0 Å². The molecule has 2 aliphatic heterocycles. The first-order valence-corrected chi connectivity index (χ1v) is 9.06. The Bertz CT molecular complexity index is 806. The first kappa shape index (κ1) is 17.9. The fourth-order valence-corrected chi connectivity index (χ4v) is 3.68. The SMILES string of the molecule is O=C(c1cc2n(n1)CCCO2)N1CC[C@@H](Cc2ccc(C(F)(F)F)cc2)C1. The number of alkyl halides is 3. The molecule has 1 saturated heterocycles. The lowest BCUT2D eigenvalue weighted by Crippen LogP contribution is -2.29. The molecule has 1 atom stereocenters. The van der Waals surface area contributed by atoms with E-state index in [-0.39, 0.29) is 11.8 Å². The van der Waals surface area contributed by atoms with E-state index in [2.05, 4.69) is 5.10 Å². The molecule has 2 aliphatic rings. The summed E-state index contributed by atoms with van der Waals surface area (Å²) in [5.74, 6) is 0.750. The number of ether oxygens (including phenoxy) is 1. The normalized spacial score (nSPS) is 19.7. The molecule has 4 rings (SSSR count). The standard InChI is InChI=1S/C19H20F3N3O2/c20-19(21,22)15-4-2-13(3-5-15)10-14-6-8-24(12-14)18(26)16-11-17-25(23-16)7-1-9-27-17/h2-5,11,14H,1,6-10,12H2/t14-/m0/s1. The zero-order valence-corrected chi connectivity index (χ0v) is 14.7. The largest absolute Gasteiger partial charge is 0.478 e. The summed E-state index contributed by atoms with van der Waals surface area (Å²) in [6.07, 6.45) is -1.95. The molecule has 5 nitrogen and oxygen atoms in total. The molecule has 0 radical (unpaired) electrons. The van der Waals surface area contributed by atoms with E-state index in [0.717, 1.165) is 37.1 Å². The second kappa shape index (κ2) is 6.90. The van der Waals surface area contributed by atoms with Crippen LogP contribution in [0.4, 0.5) is 13.2 Å². The van der Waals surface area contributed by atoms with E-state index >= 15 is 0 Å². The summed E-state index contributed by atoms with van der Waals surface area (Å²) in [7, 11) is 0. The molecule has 0 unspecified atom stereocenters. The van der Waals surface area contributed by atoms with Crippen molar-refractivity contribution < 1.29 is 22.7 Å². The fraction of sp³-hybridized carbons (Fsp3) is 0.474. The van der Waals surface area contributed by atoms with Gasteiger partial charge in [-0.2, -0.15) is 18.3 Å². The minimum Gasteiger partial charge on any atom is -0.478 e. The lowest BCUT2D eigenvalue weighted by Gasteiger charge is -2.15. The maximum absolute atomic E-state index is 12.7. The fourth-order valence-electron chi connectivity index (χ4n) is 3.68. The van der Waals surface area contributed by atoms with Crippen molar-refractivity contribution in [1.82, 2.24) is 14.7 Å². The maximum Gasteiger partial charge on any atom is 0.416 e. The number of benzene rings is 1. The van der Waals surface area contributed by atoms with Crippen molar-refractivity contribution in [1.29, 1.82) is 0 Å². The molecule has 0 saturated carbocycles. The van der Waals surface area contributed by atoms with Crippen LogP contribution in [-0.4, -0.2) is 40.3 Å². The highest BCUT2D eigenvalue weighted by molar-refractivity contribution is 5.92. The van der Waals surface area contributed by atoms with E-state index in [1.165, 1.54) is 12.1 Å². The van der Waals surface area contributed by atoms with Crippen LogP contribution in [0.25, 0.3) is 0 Å². The summed E-state index contributed by atoms with van der Waals surface area (Å²) < 4.78 is 45.2. The third-order valence-electron chi connectivity index (χ3n) is 5.11. The summed E-state index contributed by atoms with van der Waals surface area (Å²) >= 11 is 0. The van der Waals surface area contributed by atoms with Crippen molar-refractivity contribution in [2.75, 3.05) is 19.7 Å². The molecule has 2 aromatic rings. The third-order valence-corrected chi connectivity index (χ3v) is 5.11. The van der Waals surface area contributed by atoms with E-state index in [9.17, 15) is 18.0 Å². The minimum absolute atomic E-state index is 0.115. The van der Waals surface area contributed by atoms with Crippen LogP contribution in [0.15, 0.2) is 30.3 Å². The van der Waals surface area contributed by atoms with Crippen molar-refractivity contribution in [3.05, 3.63) is 47.2 Å². The molecule has 0 bridgehead atoms. The number of carbonyl (C=O) groups is 1. The van der Waals surface area contributed by atoms with Crippen LogP contribution >= 0.6 is 0 Å². The van der Waals surface area contributed by atoms with E-state index in [0.29, 0.717) is 37.7 Å². The molecular weight excluding hydrogens is 359 g/mol. The number of nitrogens with zero attached hydrogens (tertiary/aromatic N) is 3. The van der Waals surface area contributed by atoms with Gasteiger partial charge >= 0.3 is 6.18 Å². The number of hydrogen-bond donors (Lipinski definition) is 0. The molecule has 0 spiro atoms. The van der Waals surface area contributed by atoms with Crippen LogP contribution in [0.2, 0.25) is 0 Å². The Balaban J connectivity index is 1.37. The van der Waals surface area contributed by atoms with Gasteiger partial charge in [0.2, 0.25) is 5.88 Å². The number of hydrogen-bond acceptors (Lipinski definition) is 3. The number of aryl methyl sites for hydroxylation is 1. The summed E-state index contributed by atoms with van der Waals surface area (Å²) in [5, 5.41) is 4.33. The average Bonchev–Trinajstić information content (AvgIpc) is 3.27. The van der Waals surface area contributed by atoms with Crippen molar-refractivity contribution in [3.63, 3.8) is 0 Å². The van der Waals surface area contributed by atoms with Gasteiger partial charge in [-0.15, -0.1) is 0 Å². The lowest BCUT2D eigenvalue weighted by molar-refractivity contribution is -0.137. The van der Waals surface area contributed by atoms with Crippen LogP contribution in [0.1, 0.15) is 34.5 Å². The number of fused-ring (bicyclic) bond motifs is 1. The molecule has 1 aromatic heterocycles. The molecular formula is C19H20F3N3O2. The molecule has 1 aromatic carbocycles. The smallest absolute Gasteiger partial charge is 0.416 e. The van der Waals surface area contributed by atoms with Gasteiger partial charge in [0, 0.05) is 32.1 Å². The molecule has 3 heterocycles. The second-order valence-electron chi connectivity index (χ2n) is 7.10. The highest BCUT2D eigenvalue weighted by Crippen LogP contribution is 2.30. The topological polar surface area (TPSA) is 47.4 Å². The highest BCUT2D eigenvalue weighted by atomic mass is 19.4. The van der Waals surface area contributed by atoms with Crippen LogP contribution in [-0.2, 0) is 19.1 Å². The summed E-state index contributed by atoms with van der Waals surface area (Å²) in [6.45, 7) is 2.60. The van der Waals surface area contributed by atoms with Gasteiger partial charge in [0.15, 0.2) is 5.69 Å². The van der Waals surface area contributed by atoms with E-state index in [4.69, 9.17) is 4.74 Å². The lowest BCUT2D eigenvalue weighted by atomic mass is 9.98. The number of likely N-dealkylation sites (tertiary alicyclic amines) is 1. The van der Waals surface area contributed by atoms with E-state index in [1.54, 1.807) is 15.6 Å². The minimum atomic E-state index is -4.32. The van der Waals surface area contributed by atoms with E-state index in [1.807, 2.05) is 0 Å². The Morgan fingerprint density at radius 2 is 2.00 bits per heavy atom. The van der Waals surface area contributed by atoms with Crippen molar-refractivity contribution in [2.45, 2.75) is 32.0 Å². The van der Waals surface area contributed by atoms with Gasteiger partial charge in [0.05, 0.1) is 12.2 Å². The van der Waals surface area contributed by atoms with Crippen molar-refractivity contribution >= 4 is 5.91 Å². The van der Waals surface area contributed by atoms with Gasteiger partial charge in [-0.05, 0) is 36.5 Å². The Hall–Kier alpha value is -2.51. The second-order valence-corrected chi connectivity index (χ2v) is 7.10. The van der Waals surface area contributed by atoms with Gasteiger partial charge < -0.3 is 9.64 Å². The zero-order chi connectivity index (χ0) is 19.0. The maximum atomic E-state index is 12.7. The highest BCUT2D eigenvalue weighted by Gasteiger charge is 2.31. The average molecular weight is 379 g/mol. The molecule has 27 heavy (non-hydrogen) atoms. The Labute approximate surface area is 154 Å². The summed E-state index contributed by atoms with van der Waals surface area (Å²) in [6, 6.07) is 6.96. The molecule has 144 valence electrons. The van der Waals surface area contributed by atoms with Gasteiger partial charge in [0.1, 0.15) is 0 Å². The monoisotopic (exact) mass is 379 g/mol. The quantitative estimate of drug-likeness (QED) is 0.821. The zero-order valence-electron chi connectivity index (χ0n) is 14.7. The van der Waals surface area contributed by atoms with E-state index < -0.39 is 11.7 Å². The molecule has 0 N–H and O–H groups in total. The molecule has 8 heteroatoms. The Kier molecular flexibility index (Phi) is 4.57. The van der Waals surface area contributed by atoms with Gasteiger partial charge in [-0.1, -0.05) is 12.1 Å². The Morgan fingerprint density at radius 1 is 1.22 bits per heavy atom. The van der Waals surface area contributed by atoms with Crippen LogP contribution in [0.5, 0.6) is 5.88 Å². The van der Waals surface area contributed by atoms with Crippen LogP contribution in [0, 0.1) is 5.92 Å². The summed E-state index contributed by atoms with van der Waals surface area (Å²) in [5.41, 5.74) is 0.607. The van der Waals surface area contributed by atoms with Crippen molar-refractivity contribution in [3.8, 4) is 5.88 Å². The predicted molar refractivity (Wildman–Crippen MR) is 91.5 cm³/mol. The number of halogens is 3. The third kappa shape index (κ3) is 3.79. The predicted octanol–water partition coefficient (Wildman–Crippen LogP) is 3.39. The molecule has 1 amide bonds. The number of rotatable bonds is 3. The van der Waals surface area contributed by atoms with Gasteiger partial charge in [0.25, 0.3) is 5.91 Å². The first-order chi connectivity index (χ1) is 12.9. The van der Waals surface area contributed by atoms with Crippen LogP contribution < -0.4 is 4.74 Å². The van der Waals surface area contributed by atoms with Crippen molar-refractivity contribution in [2.24, 2.45) is 5.92 Å². The van der Waals surface area contributed by atoms with Gasteiger partial charge in [-0.3, -0.25) is 4.79 Å².